The lowest BCUT2D eigenvalue weighted by Crippen LogP contribution is -2.41. The van der Waals surface area contributed by atoms with Crippen LogP contribution in [0.1, 0.15) is 32.3 Å². The molecule has 0 aliphatic heterocycles. The lowest BCUT2D eigenvalue weighted by Gasteiger charge is -2.26. The first-order valence-electron chi connectivity index (χ1n) is 6.74. The zero-order valence-corrected chi connectivity index (χ0v) is 13.2. The first-order chi connectivity index (χ1) is 8.71. The summed E-state index contributed by atoms with van der Waals surface area (Å²) in [5, 5.41) is 3.40. The van der Waals surface area contributed by atoms with Gasteiger partial charge in [-0.05, 0) is 44.5 Å². The smallest absolute Gasteiger partial charge is 0.0730 e. The van der Waals surface area contributed by atoms with E-state index in [-0.39, 0.29) is 0 Å². The number of nitrogens with one attached hydrogen (secondary N) is 1. The van der Waals surface area contributed by atoms with Crippen molar-refractivity contribution < 1.29 is 4.74 Å². The molecule has 0 amide bonds. The van der Waals surface area contributed by atoms with Crippen LogP contribution in [0.2, 0.25) is 0 Å². The SMILES string of the molecule is CCCC(OCC)C(Cc1cccc(Br)c1)NC. The van der Waals surface area contributed by atoms with Crippen LogP contribution in [0.4, 0.5) is 0 Å². The van der Waals surface area contributed by atoms with Crippen molar-refractivity contribution in [3.63, 3.8) is 0 Å². The van der Waals surface area contributed by atoms with E-state index in [1.165, 1.54) is 5.56 Å². The van der Waals surface area contributed by atoms with Gasteiger partial charge in [0.1, 0.15) is 0 Å². The zero-order chi connectivity index (χ0) is 13.4. The standard InChI is InChI=1S/C15H24BrNO/c1-4-7-15(18-5-2)14(17-3)11-12-8-6-9-13(16)10-12/h6,8-10,14-15,17H,4-5,7,11H2,1-3H3. The number of ether oxygens (including phenoxy) is 1. The summed E-state index contributed by atoms with van der Waals surface area (Å²) >= 11 is 3.52. The Labute approximate surface area is 119 Å². The van der Waals surface area contributed by atoms with Crippen LogP contribution < -0.4 is 5.32 Å². The normalized spacial score (nSPS) is 14.4. The Hall–Kier alpha value is -0.380. The monoisotopic (exact) mass is 313 g/mol. The quantitative estimate of drug-likeness (QED) is 0.788. The van der Waals surface area contributed by atoms with Crippen molar-refractivity contribution in [3.8, 4) is 0 Å². The molecule has 0 aliphatic carbocycles. The number of benzene rings is 1. The van der Waals surface area contributed by atoms with Gasteiger partial charge < -0.3 is 10.1 Å². The largest absolute Gasteiger partial charge is 0.377 e. The summed E-state index contributed by atoms with van der Waals surface area (Å²) < 4.78 is 7.00. The minimum Gasteiger partial charge on any atom is -0.377 e. The van der Waals surface area contributed by atoms with Gasteiger partial charge in [0.2, 0.25) is 0 Å². The first kappa shape index (κ1) is 15.7. The Kier molecular flexibility index (Phi) is 7.56. The van der Waals surface area contributed by atoms with Gasteiger partial charge in [0.15, 0.2) is 0 Å². The van der Waals surface area contributed by atoms with Gasteiger partial charge in [-0.2, -0.15) is 0 Å². The van der Waals surface area contributed by atoms with Gasteiger partial charge in [-0.3, -0.25) is 0 Å². The number of likely N-dealkylation sites (N-methyl/N-ethyl adjacent to an activating group) is 1. The predicted molar refractivity (Wildman–Crippen MR) is 81.0 cm³/mol. The fourth-order valence-electron chi connectivity index (χ4n) is 2.24. The van der Waals surface area contributed by atoms with E-state index in [4.69, 9.17) is 4.74 Å². The summed E-state index contributed by atoms with van der Waals surface area (Å²) in [4.78, 5) is 0. The molecule has 1 rings (SSSR count). The summed E-state index contributed by atoms with van der Waals surface area (Å²) in [6.45, 7) is 5.05. The van der Waals surface area contributed by atoms with Crippen LogP contribution in [0.25, 0.3) is 0 Å². The number of halogens is 1. The molecule has 0 saturated carbocycles. The van der Waals surface area contributed by atoms with Crippen LogP contribution in [-0.4, -0.2) is 25.8 Å². The average molecular weight is 314 g/mol. The van der Waals surface area contributed by atoms with Crippen LogP contribution >= 0.6 is 15.9 Å². The van der Waals surface area contributed by atoms with Gasteiger partial charge in [-0.15, -0.1) is 0 Å². The molecule has 0 heterocycles. The molecule has 1 aromatic rings. The van der Waals surface area contributed by atoms with Crippen molar-refractivity contribution in [2.75, 3.05) is 13.7 Å². The lowest BCUT2D eigenvalue weighted by atomic mass is 9.98. The van der Waals surface area contributed by atoms with Gasteiger partial charge in [0, 0.05) is 17.1 Å². The highest BCUT2D eigenvalue weighted by Crippen LogP contribution is 2.16. The molecule has 0 bridgehead atoms. The van der Waals surface area contributed by atoms with Crippen molar-refractivity contribution in [2.45, 2.75) is 45.3 Å². The van der Waals surface area contributed by atoms with E-state index in [9.17, 15) is 0 Å². The Bertz CT molecular complexity index is 337. The number of rotatable bonds is 8. The molecule has 18 heavy (non-hydrogen) atoms. The molecule has 0 fully saturated rings. The van der Waals surface area contributed by atoms with E-state index in [1.54, 1.807) is 0 Å². The van der Waals surface area contributed by atoms with Gasteiger partial charge in [0.25, 0.3) is 0 Å². The summed E-state index contributed by atoms with van der Waals surface area (Å²) in [7, 11) is 2.02. The van der Waals surface area contributed by atoms with E-state index >= 15 is 0 Å². The molecule has 2 atom stereocenters. The van der Waals surface area contributed by atoms with E-state index in [0.29, 0.717) is 12.1 Å². The Balaban J connectivity index is 2.69. The van der Waals surface area contributed by atoms with E-state index in [1.807, 2.05) is 7.05 Å². The van der Waals surface area contributed by atoms with Crippen LogP contribution in [0.15, 0.2) is 28.7 Å². The maximum absolute atomic E-state index is 5.86. The predicted octanol–water partition coefficient (Wildman–Crippen LogP) is 3.78. The molecule has 0 aromatic heterocycles. The molecule has 0 spiro atoms. The highest BCUT2D eigenvalue weighted by Gasteiger charge is 2.19. The average Bonchev–Trinajstić information content (AvgIpc) is 2.36. The fourth-order valence-corrected chi connectivity index (χ4v) is 2.68. The Morgan fingerprint density at radius 1 is 1.33 bits per heavy atom. The molecule has 0 saturated heterocycles. The molecule has 102 valence electrons. The molecule has 2 unspecified atom stereocenters. The van der Waals surface area contributed by atoms with Gasteiger partial charge >= 0.3 is 0 Å². The third kappa shape index (κ3) is 5.09. The maximum atomic E-state index is 5.86. The molecule has 1 N–H and O–H groups in total. The molecular formula is C15H24BrNO. The van der Waals surface area contributed by atoms with E-state index in [2.05, 4.69) is 59.4 Å². The van der Waals surface area contributed by atoms with Crippen LogP contribution in [-0.2, 0) is 11.2 Å². The summed E-state index contributed by atoms with van der Waals surface area (Å²) in [6, 6.07) is 8.87. The zero-order valence-electron chi connectivity index (χ0n) is 11.6. The lowest BCUT2D eigenvalue weighted by molar-refractivity contribution is 0.0301. The first-order valence-corrected chi connectivity index (χ1v) is 7.53. The van der Waals surface area contributed by atoms with Crippen LogP contribution in [0.3, 0.4) is 0 Å². The maximum Gasteiger partial charge on any atom is 0.0730 e. The van der Waals surface area contributed by atoms with Crippen molar-refractivity contribution in [3.05, 3.63) is 34.3 Å². The number of hydrogen-bond acceptors (Lipinski definition) is 2. The number of hydrogen-bond donors (Lipinski definition) is 1. The molecular weight excluding hydrogens is 290 g/mol. The fraction of sp³-hybridized carbons (Fsp3) is 0.600. The molecule has 0 aliphatic rings. The summed E-state index contributed by atoms with van der Waals surface area (Å²) in [5.74, 6) is 0. The molecule has 2 nitrogen and oxygen atoms in total. The second-order valence-corrected chi connectivity index (χ2v) is 5.43. The van der Waals surface area contributed by atoms with Gasteiger partial charge in [-0.1, -0.05) is 41.4 Å². The van der Waals surface area contributed by atoms with E-state index in [0.717, 1.165) is 30.3 Å². The van der Waals surface area contributed by atoms with Crippen LogP contribution in [0, 0.1) is 0 Å². The second-order valence-electron chi connectivity index (χ2n) is 4.51. The van der Waals surface area contributed by atoms with Crippen LogP contribution in [0.5, 0.6) is 0 Å². The highest BCUT2D eigenvalue weighted by molar-refractivity contribution is 9.10. The molecule has 3 heteroatoms. The van der Waals surface area contributed by atoms with Gasteiger partial charge in [-0.25, -0.2) is 0 Å². The van der Waals surface area contributed by atoms with Crippen molar-refractivity contribution >= 4 is 15.9 Å². The summed E-state index contributed by atoms with van der Waals surface area (Å²) in [5.41, 5.74) is 1.34. The third-order valence-corrected chi connectivity index (χ3v) is 3.61. The third-order valence-electron chi connectivity index (χ3n) is 3.12. The Morgan fingerprint density at radius 2 is 2.11 bits per heavy atom. The van der Waals surface area contributed by atoms with Crippen molar-refractivity contribution in [1.29, 1.82) is 0 Å². The second kappa shape index (κ2) is 8.68. The Morgan fingerprint density at radius 3 is 2.67 bits per heavy atom. The van der Waals surface area contributed by atoms with Crippen molar-refractivity contribution in [1.82, 2.24) is 5.32 Å². The topological polar surface area (TPSA) is 21.3 Å². The minimum atomic E-state index is 0.295. The highest BCUT2D eigenvalue weighted by atomic mass is 79.9. The minimum absolute atomic E-state index is 0.295. The van der Waals surface area contributed by atoms with E-state index < -0.39 is 0 Å². The van der Waals surface area contributed by atoms with Gasteiger partial charge in [0.05, 0.1) is 6.10 Å². The van der Waals surface area contributed by atoms with Crippen molar-refractivity contribution in [2.24, 2.45) is 0 Å². The molecule has 1 aromatic carbocycles. The summed E-state index contributed by atoms with van der Waals surface area (Å²) in [6.07, 6.45) is 3.55. The molecule has 0 radical (unpaired) electrons.